The standard InChI is InChI=1S/C13H15ClFN5/c1-8-7-20(5-4-16-8)13-17-12(18-19-13)9-2-3-10(14)11(15)6-9/h2-3,6,8,16H,4-5,7H2,1H3,(H,17,18,19)/t8-/m1/s1. The number of hydrogen-bond acceptors (Lipinski definition) is 4. The molecule has 1 fully saturated rings. The third-order valence-electron chi connectivity index (χ3n) is 3.32. The summed E-state index contributed by atoms with van der Waals surface area (Å²) in [6.07, 6.45) is 0. The van der Waals surface area contributed by atoms with Crippen LogP contribution in [0.5, 0.6) is 0 Å². The topological polar surface area (TPSA) is 56.8 Å². The van der Waals surface area contributed by atoms with Gasteiger partial charge in [0.1, 0.15) is 5.82 Å². The second-order valence-electron chi connectivity index (χ2n) is 4.91. The van der Waals surface area contributed by atoms with Gasteiger partial charge in [0.15, 0.2) is 5.82 Å². The molecule has 2 N–H and O–H groups in total. The van der Waals surface area contributed by atoms with E-state index in [2.05, 4.69) is 32.3 Å². The first-order valence-corrected chi connectivity index (χ1v) is 6.87. The molecule has 0 unspecified atom stereocenters. The number of anilines is 1. The average molecular weight is 296 g/mol. The summed E-state index contributed by atoms with van der Waals surface area (Å²) in [5.74, 6) is 0.725. The third-order valence-corrected chi connectivity index (χ3v) is 3.62. The normalized spacial score (nSPS) is 19.4. The molecule has 2 aromatic rings. The Bertz CT molecular complexity index is 615. The number of benzene rings is 1. The summed E-state index contributed by atoms with van der Waals surface area (Å²) in [7, 11) is 0. The maximum Gasteiger partial charge on any atom is 0.245 e. The Labute approximate surface area is 121 Å². The smallest absolute Gasteiger partial charge is 0.245 e. The van der Waals surface area contributed by atoms with Gasteiger partial charge in [0.05, 0.1) is 5.02 Å². The maximum absolute atomic E-state index is 13.5. The highest BCUT2D eigenvalue weighted by atomic mass is 35.5. The molecule has 0 bridgehead atoms. The van der Waals surface area contributed by atoms with Gasteiger partial charge < -0.3 is 10.2 Å². The van der Waals surface area contributed by atoms with Gasteiger partial charge in [-0.3, -0.25) is 5.10 Å². The van der Waals surface area contributed by atoms with Crippen molar-refractivity contribution >= 4 is 17.5 Å². The molecule has 1 aliphatic heterocycles. The Morgan fingerprint density at radius 1 is 1.45 bits per heavy atom. The third kappa shape index (κ3) is 2.62. The minimum Gasteiger partial charge on any atom is -0.337 e. The molecule has 2 heterocycles. The lowest BCUT2D eigenvalue weighted by molar-refractivity contribution is 0.480. The monoisotopic (exact) mass is 295 g/mol. The Morgan fingerprint density at radius 2 is 2.30 bits per heavy atom. The van der Waals surface area contributed by atoms with Crippen LogP contribution in [0.15, 0.2) is 18.2 Å². The summed E-state index contributed by atoms with van der Waals surface area (Å²) in [4.78, 5) is 6.54. The predicted molar refractivity (Wildman–Crippen MR) is 76.5 cm³/mol. The molecular formula is C13H15ClFN5. The van der Waals surface area contributed by atoms with Crippen molar-refractivity contribution in [2.24, 2.45) is 0 Å². The van der Waals surface area contributed by atoms with Crippen molar-refractivity contribution in [3.8, 4) is 11.4 Å². The van der Waals surface area contributed by atoms with Gasteiger partial charge in [-0.2, -0.15) is 4.98 Å². The molecular weight excluding hydrogens is 281 g/mol. The second-order valence-corrected chi connectivity index (χ2v) is 5.32. The summed E-state index contributed by atoms with van der Waals surface area (Å²) < 4.78 is 13.5. The fourth-order valence-corrected chi connectivity index (χ4v) is 2.40. The van der Waals surface area contributed by atoms with Crippen LogP contribution in [0.2, 0.25) is 5.02 Å². The van der Waals surface area contributed by atoms with Crippen molar-refractivity contribution in [3.05, 3.63) is 29.0 Å². The zero-order valence-corrected chi connectivity index (χ0v) is 11.8. The van der Waals surface area contributed by atoms with Crippen molar-refractivity contribution in [1.82, 2.24) is 20.5 Å². The quantitative estimate of drug-likeness (QED) is 0.890. The lowest BCUT2D eigenvalue weighted by Crippen LogP contribution is -2.49. The first-order chi connectivity index (χ1) is 9.63. The van der Waals surface area contributed by atoms with Crippen LogP contribution in [-0.2, 0) is 0 Å². The summed E-state index contributed by atoms with van der Waals surface area (Å²) >= 11 is 5.67. The lowest BCUT2D eigenvalue weighted by atomic mass is 10.2. The van der Waals surface area contributed by atoms with E-state index in [-0.39, 0.29) is 5.02 Å². The van der Waals surface area contributed by atoms with Gasteiger partial charge in [0.25, 0.3) is 0 Å². The lowest BCUT2D eigenvalue weighted by Gasteiger charge is -2.30. The molecule has 0 amide bonds. The Morgan fingerprint density at radius 3 is 3.05 bits per heavy atom. The molecule has 3 rings (SSSR count). The highest BCUT2D eigenvalue weighted by molar-refractivity contribution is 6.30. The molecule has 0 aliphatic carbocycles. The van der Waals surface area contributed by atoms with Crippen molar-refractivity contribution in [2.45, 2.75) is 13.0 Å². The van der Waals surface area contributed by atoms with E-state index < -0.39 is 5.82 Å². The zero-order chi connectivity index (χ0) is 14.1. The molecule has 1 atom stereocenters. The summed E-state index contributed by atoms with van der Waals surface area (Å²) in [6.45, 7) is 4.73. The van der Waals surface area contributed by atoms with Crippen LogP contribution in [0, 0.1) is 5.82 Å². The Balaban J connectivity index is 1.84. The fraction of sp³-hybridized carbons (Fsp3) is 0.385. The van der Waals surface area contributed by atoms with Gasteiger partial charge in [-0.1, -0.05) is 11.6 Å². The van der Waals surface area contributed by atoms with E-state index in [1.165, 1.54) is 12.1 Å². The van der Waals surface area contributed by atoms with Crippen molar-refractivity contribution in [1.29, 1.82) is 0 Å². The number of rotatable bonds is 2. The van der Waals surface area contributed by atoms with Crippen molar-refractivity contribution < 1.29 is 4.39 Å². The number of H-pyrrole nitrogens is 1. The molecule has 1 aromatic heterocycles. The summed E-state index contributed by atoms with van der Waals surface area (Å²) in [6, 6.07) is 4.99. The molecule has 0 saturated carbocycles. The predicted octanol–water partition coefficient (Wildman–Crippen LogP) is 2.06. The van der Waals surface area contributed by atoms with Gasteiger partial charge in [0, 0.05) is 31.2 Å². The van der Waals surface area contributed by atoms with E-state index in [4.69, 9.17) is 11.6 Å². The van der Waals surface area contributed by atoms with E-state index in [0.717, 1.165) is 19.6 Å². The molecule has 1 aromatic carbocycles. The van der Waals surface area contributed by atoms with Gasteiger partial charge in [-0.05, 0) is 25.1 Å². The van der Waals surface area contributed by atoms with E-state index in [0.29, 0.717) is 23.4 Å². The van der Waals surface area contributed by atoms with E-state index in [1.807, 2.05) is 0 Å². The van der Waals surface area contributed by atoms with Crippen LogP contribution in [0.3, 0.4) is 0 Å². The fourth-order valence-electron chi connectivity index (χ4n) is 2.28. The van der Waals surface area contributed by atoms with Crippen LogP contribution < -0.4 is 10.2 Å². The highest BCUT2D eigenvalue weighted by Crippen LogP contribution is 2.23. The van der Waals surface area contributed by atoms with Gasteiger partial charge in [-0.15, -0.1) is 5.10 Å². The molecule has 106 valence electrons. The number of hydrogen-bond donors (Lipinski definition) is 2. The van der Waals surface area contributed by atoms with Crippen LogP contribution in [-0.4, -0.2) is 40.9 Å². The minimum absolute atomic E-state index is 0.101. The number of aromatic amines is 1. The first kappa shape index (κ1) is 13.3. The van der Waals surface area contributed by atoms with Crippen molar-refractivity contribution in [2.75, 3.05) is 24.5 Å². The number of aromatic nitrogens is 3. The van der Waals surface area contributed by atoms with Crippen LogP contribution >= 0.6 is 11.6 Å². The SMILES string of the molecule is C[C@@H]1CN(c2n[nH]c(-c3ccc(Cl)c(F)c3)n2)CCN1. The summed E-state index contributed by atoms with van der Waals surface area (Å²) in [5.41, 5.74) is 0.633. The van der Waals surface area contributed by atoms with E-state index in [9.17, 15) is 4.39 Å². The summed E-state index contributed by atoms with van der Waals surface area (Å²) in [5, 5.41) is 10.5. The molecule has 20 heavy (non-hydrogen) atoms. The highest BCUT2D eigenvalue weighted by Gasteiger charge is 2.19. The first-order valence-electron chi connectivity index (χ1n) is 6.49. The number of piperazine rings is 1. The number of nitrogens with zero attached hydrogens (tertiary/aromatic N) is 3. The molecule has 1 aliphatic rings. The largest absolute Gasteiger partial charge is 0.337 e. The Kier molecular flexibility index (Phi) is 3.58. The number of halogens is 2. The van der Waals surface area contributed by atoms with Crippen molar-refractivity contribution in [3.63, 3.8) is 0 Å². The van der Waals surface area contributed by atoms with E-state index in [1.54, 1.807) is 6.07 Å². The zero-order valence-electron chi connectivity index (χ0n) is 11.0. The number of nitrogens with one attached hydrogen (secondary N) is 2. The molecule has 1 saturated heterocycles. The average Bonchev–Trinajstić information content (AvgIpc) is 2.92. The van der Waals surface area contributed by atoms with Gasteiger partial charge in [-0.25, -0.2) is 4.39 Å². The maximum atomic E-state index is 13.5. The Hall–Kier alpha value is -1.66. The molecule has 7 heteroatoms. The molecule has 0 spiro atoms. The van der Waals surface area contributed by atoms with Crippen LogP contribution in [0.1, 0.15) is 6.92 Å². The van der Waals surface area contributed by atoms with E-state index >= 15 is 0 Å². The van der Waals surface area contributed by atoms with Gasteiger partial charge in [0.2, 0.25) is 5.95 Å². The van der Waals surface area contributed by atoms with Gasteiger partial charge >= 0.3 is 0 Å². The molecule has 0 radical (unpaired) electrons. The van der Waals surface area contributed by atoms with Crippen LogP contribution in [0.25, 0.3) is 11.4 Å². The van der Waals surface area contributed by atoms with Crippen LogP contribution in [0.4, 0.5) is 10.3 Å². The molecule has 5 nitrogen and oxygen atoms in total. The minimum atomic E-state index is -0.460. The second kappa shape index (κ2) is 5.38.